The summed E-state index contributed by atoms with van der Waals surface area (Å²) >= 11 is 0. The predicted octanol–water partition coefficient (Wildman–Crippen LogP) is -1.90. The van der Waals surface area contributed by atoms with Crippen molar-refractivity contribution in [1.82, 2.24) is 0 Å². The van der Waals surface area contributed by atoms with E-state index in [2.05, 4.69) is 13.8 Å². The van der Waals surface area contributed by atoms with Gasteiger partial charge in [0.15, 0.2) is 18.9 Å². The number of carbonyl (C=O) groups excluding carboxylic acids is 1. The van der Waals surface area contributed by atoms with Crippen LogP contribution in [0.5, 0.6) is 0 Å². The Bertz CT molecular complexity index is 1550. The van der Waals surface area contributed by atoms with Crippen molar-refractivity contribution in [2.45, 2.75) is 182 Å². The normalized spacial score (nSPS) is 55.1. The number of hydrogen-bond acceptors (Lipinski definition) is 18. The summed E-state index contributed by atoms with van der Waals surface area (Å²) in [5.74, 6) is 0.387. The minimum absolute atomic E-state index is 0.0950. The van der Waals surface area contributed by atoms with E-state index in [9.17, 15) is 55.9 Å². The van der Waals surface area contributed by atoms with Crippen molar-refractivity contribution in [3.63, 3.8) is 0 Å². The highest BCUT2D eigenvalue weighted by molar-refractivity contribution is 5.85. The zero-order valence-electron chi connectivity index (χ0n) is 33.8. The number of esters is 1. The number of ether oxygens (including phenoxy) is 7. The van der Waals surface area contributed by atoms with Crippen LogP contribution in [0.3, 0.4) is 0 Å². The lowest BCUT2D eigenvalue weighted by atomic mass is 9.43. The highest BCUT2D eigenvalue weighted by Crippen LogP contribution is 2.70. The molecule has 8 aliphatic rings. The van der Waals surface area contributed by atoms with E-state index in [-0.39, 0.29) is 46.6 Å². The van der Waals surface area contributed by atoms with Gasteiger partial charge in [-0.05, 0) is 99.4 Å². The van der Waals surface area contributed by atoms with Gasteiger partial charge in [-0.15, -0.1) is 0 Å². The lowest BCUT2D eigenvalue weighted by Crippen LogP contribution is -2.67. The lowest BCUT2D eigenvalue weighted by Gasteiger charge is -2.64. The van der Waals surface area contributed by atoms with E-state index in [1.807, 2.05) is 0 Å². The Morgan fingerprint density at radius 3 is 1.90 bits per heavy atom. The quantitative estimate of drug-likeness (QED) is 0.0897. The Balaban J connectivity index is 1.01. The van der Waals surface area contributed by atoms with E-state index in [1.165, 1.54) is 0 Å². The van der Waals surface area contributed by atoms with Gasteiger partial charge < -0.3 is 84.2 Å². The summed E-state index contributed by atoms with van der Waals surface area (Å²) < 4.78 is 41.8. The molecule has 4 saturated carbocycles. The topological polar surface area (TPSA) is 284 Å². The summed E-state index contributed by atoms with van der Waals surface area (Å²) in [7, 11) is 0. The zero-order valence-corrected chi connectivity index (χ0v) is 33.8. The fourth-order valence-electron chi connectivity index (χ4n) is 12.7. The van der Waals surface area contributed by atoms with Crippen LogP contribution in [0, 0.1) is 34.5 Å². The predicted molar refractivity (Wildman–Crippen MR) is 198 cm³/mol. The van der Waals surface area contributed by atoms with Gasteiger partial charge in [-0.1, -0.05) is 13.8 Å². The molecule has 0 aromatic heterocycles. The summed E-state index contributed by atoms with van der Waals surface area (Å²) in [6.07, 6.45) is -15.1. The average Bonchev–Trinajstić information content (AvgIpc) is 3.76. The third-order valence-corrected chi connectivity index (χ3v) is 16.3. The molecule has 18 heteroatoms. The first-order valence-electron chi connectivity index (χ1n) is 21.5. The maximum Gasteiger partial charge on any atom is 0.331 e. The van der Waals surface area contributed by atoms with Crippen molar-refractivity contribution in [3.8, 4) is 0 Å². The van der Waals surface area contributed by atoms with Crippen LogP contribution in [0.1, 0.15) is 78.6 Å². The SMILES string of the molecule is C[C@@H]1O[C@@H](O[C@H]2CC[C@@]3(C)[C@H](CC[C@@H]4[C@@H]3CC[C@]3(C)[C@@H](C5=CC(=O)OC5)CCC43O)C2)[C@H](O[C@H]2O[C@H](CO)[C@@H](O)[C@H](O)[C@H]2O)[C@H](O[C@H]2O[C@H](CO)[C@@H](O)[C@H](O)[C@H]2O)[C@H]1O. The molecule has 336 valence electrons. The maximum atomic E-state index is 12.7. The van der Waals surface area contributed by atoms with E-state index in [1.54, 1.807) is 13.0 Å². The van der Waals surface area contributed by atoms with Gasteiger partial charge in [0, 0.05) is 11.5 Å². The molecule has 4 aliphatic carbocycles. The minimum atomic E-state index is -1.84. The van der Waals surface area contributed by atoms with Crippen LogP contribution >= 0.6 is 0 Å². The van der Waals surface area contributed by atoms with Crippen LogP contribution in [0.4, 0.5) is 0 Å². The number of rotatable bonds is 9. The van der Waals surface area contributed by atoms with Crippen molar-refractivity contribution in [2.24, 2.45) is 34.5 Å². The van der Waals surface area contributed by atoms with Crippen LogP contribution in [-0.2, 0) is 38.0 Å². The standard InChI is InChI=1S/C41H64O18/c1-17-27(45)34(58-36-32(50)30(48)28(46)24(14-42)56-36)35(59-37-33(51)31(49)29(47)25(15-43)57-37)38(54-17)55-20-6-9-39(2)19(13-20)4-5-23-22(39)7-10-40(3)21(8-11-41(23,40)52)18-12-26(44)53-16-18/h12,17,19-25,27-38,42-43,45-52H,4-11,13-16H2,1-3H3/t17-,19+,20-,21+,22-,23+,24+,25+,27-,28+,29+,30-,31-,32+,33+,34+,35+,36+,37+,38-,39-,40+,41?/m0/s1. The van der Waals surface area contributed by atoms with Crippen molar-refractivity contribution < 1.29 is 89.0 Å². The molecular formula is C41H64O18. The number of aliphatic hydroxyl groups excluding tert-OH is 9. The molecule has 8 rings (SSSR count). The molecule has 0 radical (unpaired) electrons. The molecule has 10 N–H and O–H groups in total. The Labute approximate surface area is 342 Å². The van der Waals surface area contributed by atoms with Gasteiger partial charge in [-0.2, -0.15) is 0 Å². The van der Waals surface area contributed by atoms with E-state index in [0.29, 0.717) is 25.9 Å². The number of hydrogen-bond donors (Lipinski definition) is 10. The minimum Gasteiger partial charge on any atom is -0.458 e. The third-order valence-electron chi connectivity index (χ3n) is 16.3. The number of carbonyl (C=O) groups is 1. The van der Waals surface area contributed by atoms with E-state index in [4.69, 9.17) is 33.2 Å². The Kier molecular flexibility index (Phi) is 12.4. The first kappa shape index (κ1) is 44.2. The molecular weight excluding hydrogens is 780 g/mol. The summed E-state index contributed by atoms with van der Waals surface area (Å²) in [6.45, 7) is 4.93. The van der Waals surface area contributed by atoms with Gasteiger partial charge >= 0.3 is 5.97 Å². The first-order chi connectivity index (χ1) is 27.9. The monoisotopic (exact) mass is 844 g/mol. The van der Waals surface area contributed by atoms with E-state index < -0.39 is 111 Å². The fourth-order valence-corrected chi connectivity index (χ4v) is 12.7. The summed E-state index contributed by atoms with van der Waals surface area (Å²) in [4.78, 5) is 12.0. The molecule has 4 heterocycles. The van der Waals surface area contributed by atoms with Gasteiger partial charge in [0.1, 0.15) is 73.8 Å². The zero-order chi connectivity index (χ0) is 42.3. The number of cyclic esters (lactones) is 1. The average molecular weight is 845 g/mol. The molecule has 0 bridgehead atoms. The lowest BCUT2D eigenvalue weighted by molar-refractivity contribution is -0.394. The molecule has 0 aromatic rings. The molecule has 4 aliphatic heterocycles. The second-order valence-electron chi connectivity index (χ2n) is 19.1. The van der Waals surface area contributed by atoms with Gasteiger partial charge in [0.05, 0.1) is 31.0 Å². The largest absolute Gasteiger partial charge is 0.458 e. The van der Waals surface area contributed by atoms with Gasteiger partial charge in [0.2, 0.25) is 0 Å². The van der Waals surface area contributed by atoms with E-state index in [0.717, 1.165) is 44.1 Å². The third kappa shape index (κ3) is 7.33. The summed E-state index contributed by atoms with van der Waals surface area (Å²) in [6, 6.07) is 0. The van der Waals surface area contributed by atoms with Crippen molar-refractivity contribution in [1.29, 1.82) is 0 Å². The highest BCUT2D eigenvalue weighted by Gasteiger charge is 2.68. The molecule has 7 fully saturated rings. The second kappa shape index (κ2) is 16.6. The molecule has 0 aromatic carbocycles. The van der Waals surface area contributed by atoms with Gasteiger partial charge in [-0.25, -0.2) is 4.79 Å². The molecule has 18 nitrogen and oxygen atoms in total. The van der Waals surface area contributed by atoms with Crippen LogP contribution in [0.2, 0.25) is 0 Å². The van der Waals surface area contributed by atoms with Crippen molar-refractivity contribution >= 4 is 5.97 Å². The molecule has 23 atom stereocenters. The second-order valence-corrected chi connectivity index (χ2v) is 19.1. The van der Waals surface area contributed by atoms with Crippen LogP contribution in [0.25, 0.3) is 0 Å². The summed E-state index contributed by atoms with van der Waals surface area (Å²) in [5.41, 5.74) is -0.333. The fraction of sp³-hybridized carbons (Fsp3) is 0.927. The Hall–Kier alpha value is -1.43. The number of aliphatic hydroxyl groups is 10. The first-order valence-corrected chi connectivity index (χ1v) is 21.5. The Morgan fingerprint density at radius 1 is 0.678 bits per heavy atom. The van der Waals surface area contributed by atoms with Crippen LogP contribution < -0.4 is 0 Å². The number of fused-ring (bicyclic) bond motifs is 5. The smallest absolute Gasteiger partial charge is 0.331 e. The molecule has 3 saturated heterocycles. The highest BCUT2D eigenvalue weighted by atomic mass is 16.8. The Morgan fingerprint density at radius 2 is 1.31 bits per heavy atom. The van der Waals surface area contributed by atoms with Crippen LogP contribution in [-0.4, -0.2) is 181 Å². The van der Waals surface area contributed by atoms with Crippen LogP contribution in [0.15, 0.2) is 11.6 Å². The van der Waals surface area contributed by atoms with Crippen molar-refractivity contribution in [3.05, 3.63) is 11.6 Å². The van der Waals surface area contributed by atoms with Gasteiger partial charge in [-0.3, -0.25) is 0 Å². The molecule has 0 amide bonds. The molecule has 1 unspecified atom stereocenters. The molecule has 0 spiro atoms. The maximum absolute atomic E-state index is 12.7. The van der Waals surface area contributed by atoms with E-state index >= 15 is 0 Å². The van der Waals surface area contributed by atoms with Gasteiger partial charge in [0.25, 0.3) is 0 Å². The van der Waals surface area contributed by atoms with Crippen molar-refractivity contribution in [2.75, 3.05) is 19.8 Å². The summed E-state index contributed by atoms with van der Waals surface area (Å²) in [5, 5.41) is 108. The molecule has 59 heavy (non-hydrogen) atoms.